The normalized spacial score (nSPS) is 26.4. The van der Waals surface area contributed by atoms with Crippen LogP contribution in [0.25, 0.3) is 0 Å². The Hall–Kier alpha value is -1.16. The van der Waals surface area contributed by atoms with Crippen molar-refractivity contribution in [2.24, 2.45) is 22.7 Å². The van der Waals surface area contributed by atoms with Gasteiger partial charge in [0.25, 0.3) is 0 Å². The highest BCUT2D eigenvalue weighted by atomic mass is 16.5. The number of hydrogen-bond donors (Lipinski definition) is 0. The molecule has 0 N–H and O–H groups in total. The van der Waals surface area contributed by atoms with Crippen LogP contribution in [-0.4, -0.2) is 7.11 Å². The molecule has 0 spiro atoms. The molecule has 0 aromatic heterocycles. The first kappa shape index (κ1) is 19.9. The van der Waals surface area contributed by atoms with Crippen LogP contribution in [0.3, 0.4) is 0 Å². The fraction of sp³-hybridized carbons (Fsp3) is 0.727. The van der Waals surface area contributed by atoms with E-state index < -0.39 is 0 Å². The van der Waals surface area contributed by atoms with Crippen LogP contribution < -0.4 is 0 Å². The minimum absolute atomic E-state index is 0.351. The lowest BCUT2D eigenvalue weighted by Gasteiger charge is -2.46. The van der Waals surface area contributed by atoms with Gasteiger partial charge in [0.05, 0.1) is 7.11 Å². The molecular weight excluding hydrogens is 280 g/mol. The van der Waals surface area contributed by atoms with Crippen LogP contribution in [-0.2, 0) is 4.74 Å². The van der Waals surface area contributed by atoms with Crippen molar-refractivity contribution in [1.29, 1.82) is 0 Å². The summed E-state index contributed by atoms with van der Waals surface area (Å²) < 4.78 is 4.85. The Morgan fingerprint density at radius 1 is 0.957 bits per heavy atom. The fourth-order valence-corrected chi connectivity index (χ4v) is 3.86. The molecule has 0 radical (unpaired) electrons. The van der Waals surface area contributed by atoms with E-state index >= 15 is 0 Å². The average molecular weight is 317 g/mol. The molecule has 0 saturated heterocycles. The minimum Gasteiger partial charge on any atom is -0.496 e. The number of methoxy groups -OCH3 is 1. The van der Waals surface area contributed by atoms with Crippen molar-refractivity contribution in [1.82, 2.24) is 0 Å². The first-order chi connectivity index (χ1) is 10.7. The highest BCUT2D eigenvalue weighted by Gasteiger charge is 2.42. The lowest BCUT2D eigenvalue weighted by atomic mass is 9.58. The van der Waals surface area contributed by atoms with Crippen LogP contribution >= 0.6 is 0 Å². The van der Waals surface area contributed by atoms with Crippen LogP contribution in [0.4, 0.5) is 0 Å². The predicted molar refractivity (Wildman–Crippen MR) is 100 cm³/mol. The number of rotatable bonds is 3. The lowest BCUT2D eigenvalue weighted by Crippen LogP contribution is -2.36. The van der Waals surface area contributed by atoms with Gasteiger partial charge in [-0.15, -0.1) is 5.73 Å². The molecule has 2 unspecified atom stereocenters. The van der Waals surface area contributed by atoms with Crippen LogP contribution in [0.1, 0.15) is 74.1 Å². The molecule has 0 aromatic rings. The zero-order valence-electron chi connectivity index (χ0n) is 16.5. The SMILES string of the molecule is CC=C=C1CC(CC)C1(C)C.CCC1CC(=C=COC)C1(C)C. The van der Waals surface area contributed by atoms with Crippen molar-refractivity contribution in [3.05, 3.63) is 34.9 Å². The van der Waals surface area contributed by atoms with Gasteiger partial charge in [0.1, 0.15) is 6.26 Å². The van der Waals surface area contributed by atoms with E-state index in [2.05, 4.69) is 53.0 Å². The van der Waals surface area contributed by atoms with Gasteiger partial charge in [-0.3, -0.25) is 0 Å². The molecule has 2 rings (SSSR count). The van der Waals surface area contributed by atoms with E-state index in [0.717, 1.165) is 11.8 Å². The van der Waals surface area contributed by atoms with Gasteiger partial charge in [0, 0.05) is 0 Å². The molecule has 130 valence electrons. The van der Waals surface area contributed by atoms with Gasteiger partial charge >= 0.3 is 0 Å². The molecule has 23 heavy (non-hydrogen) atoms. The van der Waals surface area contributed by atoms with Crippen LogP contribution in [0.5, 0.6) is 0 Å². The van der Waals surface area contributed by atoms with Crippen molar-refractivity contribution < 1.29 is 4.74 Å². The van der Waals surface area contributed by atoms with Gasteiger partial charge in [0.2, 0.25) is 0 Å². The average Bonchev–Trinajstić information content (AvgIpc) is 2.51. The van der Waals surface area contributed by atoms with E-state index in [4.69, 9.17) is 4.74 Å². The Kier molecular flexibility index (Phi) is 7.00. The molecule has 2 aliphatic carbocycles. The third-order valence-corrected chi connectivity index (χ3v) is 6.15. The Morgan fingerprint density at radius 3 is 1.70 bits per heavy atom. The van der Waals surface area contributed by atoms with Crippen molar-refractivity contribution in [3.8, 4) is 0 Å². The third-order valence-electron chi connectivity index (χ3n) is 6.15. The van der Waals surface area contributed by atoms with Gasteiger partial charge < -0.3 is 4.74 Å². The molecular formula is C22H36O. The Bertz CT molecular complexity index is 520. The topological polar surface area (TPSA) is 9.23 Å². The quantitative estimate of drug-likeness (QED) is 0.417. The maximum Gasteiger partial charge on any atom is 0.125 e. The number of hydrogen-bond acceptors (Lipinski definition) is 1. The van der Waals surface area contributed by atoms with Crippen LogP contribution in [0, 0.1) is 22.7 Å². The van der Waals surface area contributed by atoms with Crippen molar-refractivity contribution in [2.75, 3.05) is 7.11 Å². The second-order valence-corrected chi connectivity index (χ2v) is 7.95. The molecule has 0 aliphatic heterocycles. The highest BCUT2D eigenvalue weighted by molar-refractivity contribution is 5.23. The number of ether oxygens (including phenoxy) is 1. The Labute approximate surface area is 144 Å². The summed E-state index contributed by atoms with van der Waals surface area (Å²) in [4.78, 5) is 0. The summed E-state index contributed by atoms with van der Waals surface area (Å²) in [5.41, 5.74) is 10.2. The molecule has 1 heteroatoms. The second kappa shape index (κ2) is 8.09. The van der Waals surface area contributed by atoms with E-state index in [-0.39, 0.29) is 0 Å². The standard InChI is InChI=1S/C11H18O.C11H18/c1-5-9-8-10(6-7-12-4)11(9,2)3;1-5-7-10-8-9(6-2)11(10,3)4/h7,9H,5,8H2,1-4H3;5,9H,6,8H2,1-4H3. The first-order valence-electron chi connectivity index (χ1n) is 9.13. The van der Waals surface area contributed by atoms with Crippen molar-refractivity contribution in [2.45, 2.75) is 74.1 Å². The lowest BCUT2D eigenvalue weighted by molar-refractivity contribution is 0.161. The van der Waals surface area contributed by atoms with Gasteiger partial charge in [-0.25, -0.2) is 0 Å². The summed E-state index contributed by atoms with van der Waals surface area (Å²) in [6.45, 7) is 15.8. The molecule has 0 bridgehead atoms. The number of allylic oxidation sites excluding steroid dienone is 2. The summed E-state index contributed by atoms with van der Waals surface area (Å²) in [7, 11) is 1.66. The molecule has 0 heterocycles. The first-order valence-corrected chi connectivity index (χ1v) is 9.13. The zero-order valence-corrected chi connectivity index (χ0v) is 16.5. The van der Waals surface area contributed by atoms with E-state index in [1.54, 1.807) is 13.4 Å². The largest absolute Gasteiger partial charge is 0.496 e. The molecule has 0 aromatic carbocycles. The molecule has 2 atom stereocenters. The fourth-order valence-electron chi connectivity index (χ4n) is 3.86. The predicted octanol–water partition coefficient (Wildman–Crippen LogP) is 6.67. The summed E-state index contributed by atoms with van der Waals surface area (Å²) in [5.74, 6) is 1.73. The Balaban J connectivity index is 0.000000231. The van der Waals surface area contributed by atoms with Gasteiger partial charge in [0.15, 0.2) is 0 Å². The summed E-state index contributed by atoms with van der Waals surface area (Å²) in [5, 5.41) is 0. The minimum atomic E-state index is 0.351. The van der Waals surface area contributed by atoms with E-state index in [1.165, 1.54) is 36.8 Å². The van der Waals surface area contributed by atoms with Crippen LogP contribution in [0.15, 0.2) is 34.9 Å². The summed E-state index contributed by atoms with van der Waals surface area (Å²) in [6, 6.07) is 0. The third kappa shape index (κ3) is 4.23. The zero-order chi connectivity index (χ0) is 17.7. The Morgan fingerprint density at radius 2 is 1.39 bits per heavy atom. The second-order valence-electron chi connectivity index (χ2n) is 7.95. The highest BCUT2D eigenvalue weighted by Crippen LogP contribution is 2.52. The molecule has 2 fully saturated rings. The van der Waals surface area contributed by atoms with Crippen molar-refractivity contribution >= 4 is 0 Å². The van der Waals surface area contributed by atoms with E-state index in [0.29, 0.717) is 10.8 Å². The van der Waals surface area contributed by atoms with E-state index in [1.807, 2.05) is 13.0 Å². The van der Waals surface area contributed by atoms with Gasteiger partial charge in [-0.2, -0.15) is 0 Å². The van der Waals surface area contributed by atoms with Crippen molar-refractivity contribution in [3.63, 3.8) is 0 Å². The molecule has 0 amide bonds. The molecule has 2 aliphatic rings. The van der Waals surface area contributed by atoms with Gasteiger partial charge in [-0.05, 0) is 59.7 Å². The monoisotopic (exact) mass is 316 g/mol. The molecule has 2 saturated carbocycles. The smallest absolute Gasteiger partial charge is 0.125 e. The van der Waals surface area contributed by atoms with Crippen LogP contribution in [0.2, 0.25) is 0 Å². The maximum atomic E-state index is 4.85. The summed E-state index contributed by atoms with van der Waals surface area (Å²) in [6.07, 6.45) is 8.73. The summed E-state index contributed by atoms with van der Waals surface area (Å²) >= 11 is 0. The maximum absolute atomic E-state index is 4.85. The molecule has 1 nitrogen and oxygen atoms in total. The van der Waals surface area contributed by atoms with Gasteiger partial charge in [-0.1, -0.05) is 60.1 Å². The van der Waals surface area contributed by atoms with E-state index in [9.17, 15) is 0 Å².